The van der Waals surface area contributed by atoms with Crippen molar-refractivity contribution >= 4 is 35.8 Å². The Hall–Kier alpha value is -2.17. The minimum atomic E-state index is -0.0750. The lowest BCUT2D eigenvalue weighted by molar-refractivity contribution is 0.0963. The molecule has 142 valence electrons. The second-order valence-corrected chi connectivity index (χ2v) is 5.66. The summed E-state index contributed by atoms with van der Waals surface area (Å²) in [5.41, 5.74) is 1.77. The Morgan fingerprint density at radius 3 is 2.77 bits per heavy atom. The van der Waals surface area contributed by atoms with E-state index in [2.05, 4.69) is 25.7 Å². The first-order valence-electron chi connectivity index (χ1n) is 8.10. The van der Waals surface area contributed by atoms with Gasteiger partial charge in [0.1, 0.15) is 12.2 Å². The average molecular weight is 471 g/mol. The number of halogens is 1. The Labute approximate surface area is 171 Å². The van der Waals surface area contributed by atoms with Gasteiger partial charge in [0.2, 0.25) is 0 Å². The van der Waals surface area contributed by atoms with Crippen LogP contribution >= 0.6 is 24.0 Å². The summed E-state index contributed by atoms with van der Waals surface area (Å²) in [5, 5.41) is 10.0. The number of nitrogens with one attached hydrogen (secondary N) is 2. The lowest BCUT2D eigenvalue weighted by Crippen LogP contribution is -2.39. The molecule has 2 rings (SSSR count). The van der Waals surface area contributed by atoms with Gasteiger partial charge in [0.05, 0.1) is 6.54 Å². The molecule has 1 amide bonds. The fraction of sp³-hybridized carbons (Fsp3) is 0.412. The van der Waals surface area contributed by atoms with Crippen molar-refractivity contribution in [2.75, 3.05) is 27.7 Å². The molecule has 1 aromatic carbocycles. The maximum atomic E-state index is 11.7. The van der Waals surface area contributed by atoms with Gasteiger partial charge in [-0.3, -0.25) is 14.5 Å². The molecule has 1 aromatic heterocycles. The topological polar surface area (TPSA) is 87.4 Å². The molecule has 0 unspecified atom stereocenters. The number of aliphatic imine (C=N–C) groups is 1. The maximum Gasteiger partial charge on any atom is 0.251 e. The van der Waals surface area contributed by atoms with E-state index in [1.807, 2.05) is 43.3 Å². The molecule has 0 bridgehead atoms. The Bertz CT molecular complexity index is 744. The van der Waals surface area contributed by atoms with E-state index < -0.39 is 0 Å². The molecule has 0 saturated heterocycles. The van der Waals surface area contributed by atoms with Crippen LogP contribution < -0.4 is 10.6 Å². The van der Waals surface area contributed by atoms with Crippen LogP contribution in [0.15, 0.2) is 35.6 Å². The predicted octanol–water partition coefficient (Wildman–Crippen LogP) is 1.04. The number of nitrogens with zero attached hydrogens (tertiary/aromatic N) is 5. The van der Waals surface area contributed by atoms with Crippen molar-refractivity contribution < 1.29 is 4.79 Å². The lowest BCUT2D eigenvalue weighted by Gasteiger charge is -2.21. The molecule has 2 N–H and O–H groups in total. The van der Waals surface area contributed by atoms with Gasteiger partial charge in [0.25, 0.3) is 5.91 Å². The number of aromatic nitrogens is 3. The molecule has 0 aliphatic heterocycles. The fourth-order valence-corrected chi connectivity index (χ4v) is 2.47. The van der Waals surface area contributed by atoms with Crippen LogP contribution in [0.4, 0.5) is 0 Å². The predicted molar refractivity (Wildman–Crippen MR) is 113 cm³/mol. The van der Waals surface area contributed by atoms with Crippen molar-refractivity contribution in [1.29, 1.82) is 0 Å². The van der Waals surface area contributed by atoms with Gasteiger partial charge < -0.3 is 15.5 Å². The number of guanidine groups is 1. The van der Waals surface area contributed by atoms with Gasteiger partial charge >= 0.3 is 0 Å². The number of benzene rings is 1. The fourth-order valence-electron chi connectivity index (χ4n) is 2.47. The quantitative estimate of drug-likeness (QED) is 0.374. The summed E-state index contributed by atoms with van der Waals surface area (Å²) in [6, 6.07) is 7.63. The van der Waals surface area contributed by atoms with Crippen LogP contribution in [0.25, 0.3) is 0 Å². The first-order valence-corrected chi connectivity index (χ1v) is 8.10. The first kappa shape index (κ1) is 21.9. The second kappa shape index (κ2) is 10.7. The Morgan fingerprint density at radius 1 is 1.38 bits per heavy atom. The van der Waals surface area contributed by atoms with Crippen molar-refractivity contribution in [2.45, 2.75) is 13.0 Å². The molecule has 2 aromatic rings. The molecular formula is C17H26IN7O. The van der Waals surface area contributed by atoms with Gasteiger partial charge in [-0.15, -0.1) is 24.0 Å². The lowest BCUT2D eigenvalue weighted by atomic mass is 10.1. The summed E-state index contributed by atoms with van der Waals surface area (Å²) >= 11 is 0. The van der Waals surface area contributed by atoms with Crippen LogP contribution in [-0.2, 0) is 20.0 Å². The minimum absolute atomic E-state index is 0. The molecule has 0 spiro atoms. The van der Waals surface area contributed by atoms with E-state index in [9.17, 15) is 4.79 Å². The van der Waals surface area contributed by atoms with Crippen LogP contribution in [0.5, 0.6) is 0 Å². The monoisotopic (exact) mass is 471 g/mol. The number of aryl methyl sites for hydroxylation is 1. The summed E-state index contributed by atoms with van der Waals surface area (Å²) < 4.78 is 1.74. The maximum absolute atomic E-state index is 11.7. The normalized spacial score (nSPS) is 10.8. The zero-order valence-corrected chi connectivity index (χ0v) is 17.9. The molecule has 0 aliphatic carbocycles. The van der Waals surface area contributed by atoms with Crippen LogP contribution in [-0.4, -0.2) is 59.2 Å². The average Bonchev–Trinajstić information content (AvgIpc) is 3.03. The van der Waals surface area contributed by atoms with E-state index in [1.165, 1.54) is 0 Å². The molecule has 26 heavy (non-hydrogen) atoms. The van der Waals surface area contributed by atoms with Crippen molar-refractivity contribution in [2.24, 2.45) is 12.0 Å². The van der Waals surface area contributed by atoms with Crippen LogP contribution in [0.2, 0.25) is 0 Å². The number of amides is 1. The molecule has 0 atom stereocenters. The van der Waals surface area contributed by atoms with Gasteiger partial charge in [0.15, 0.2) is 5.96 Å². The highest BCUT2D eigenvalue weighted by Crippen LogP contribution is 2.06. The van der Waals surface area contributed by atoms with Crippen molar-refractivity contribution in [3.05, 3.63) is 47.5 Å². The Balaban J connectivity index is 0.00000338. The van der Waals surface area contributed by atoms with Crippen LogP contribution in [0.1, 0.15) is 21.7 Å². The Morgan fingerprint density at radius 2 is 2.15 bits per heavy atom. The highest BCUT2D eigenvalue weighted by atomic mass is 127. The second-order valence-electron chi connectivity index (χ2n) is 5.66. The van der Waals surface area contributed by atoms with Gasteiger partial charge in [-0.05, 0) is 24.1 Å². The zero-order valence-electron chi connectivity index (χ0n) is 15.6. The van der Waals surface area contributed by atoms with E-state index in [0.29, 0.717) is 18.7 Å². The highest BCUT2D eigenvalue weighted by molar-refractivity contribution is 14.0. The SMILES string of the molecule is CN=C(NCCc1cccc(C(=O)NC)c1)N(C)Cc1ncnn1C.I. The number of hydrogen-bond donors (Lipinski definition) is 2. The number of carbonyl (C=O) groups excluding carboxylic acids is 1. The molecule has 1 heterocycles. The van der Waals surface area contributed by atoms with Crippen molar-refractivity contribution in [1.82, 2.24) is 30.3 Å². The summed E-state index contributed by atoms with van der Waals surface area (Å²) in [6.45, 7) is 1.33. The number of hydrogen-bond acceptors (Lipinski definition) is 4. The van der Waals surface area contributed by atoms with Gasteiger partial charge in [-0.25, -0.2) is 4.98 Å². The molecular weight excluding hydrogens is 445 g/mol. The summed E-state index contributed by atoms with van der Waals surface area (Å²) in [6.07, 6.45) is 2.33. The molecule has 0 aliphatic rings. The smallest absolute Gasteiger partial charge is 0.251 e. The van der Waals surface area contributed by atoms with E-state index in [-0.39, 0.29) is 29.9 Å². The largest absolute Gasteiger partial charge is 0.356 e. The van der Waals surface area contributed by atoms with Gasteiger partial charge in [0, 0.05) is 40.3 Å². The van der Waals surface area contributed by atoms with E-state index >= 15 is 0 Å². The number of rotatable bonds is 6. The van der Waals surface area contributed by atoms with Gasteiger partial charge in [-0.1, -0.05) is 12.1 Å². The highest BCUT2D eigenvalue weighted by Gasteiger charge is 2.10. The first-order chi connectivity index (χ1) is 12.0. The van der Waals surface area contributed by atoms with Gasteiger partial charge in [-0.2, -0.15) is 5.10 Å². The van der Waals surface area contributed by atoms with E-state index in [0.717, 1.165) is 23.8 Å². The molecule has 0 saturated carbocycles. The summed E-state index contributed by atoms with van der Waals surface area (Å²) in [4.78, 5) is 22.2. The molecule has 8 nitrogen and oxygen atoms in total. The third kappa shape index (κ3) is 5.97. The summed E-state index contributed by atoms with van der Waals surface area (Å²) in [5.74, 6) is 1.57. The van der Waals surface area contributed by atoms with Crippen LogP contribution in [0.3, 0.4) is 0 Å². The van der Waals surface area contributed by atoms with E-state index in [4.69, 9.17) is 0 Å². The van der Waals surface area contributed by atoms with Crippen molar-refractivity contribution in [3.8, 4) is 0 Å². The van der Waals surface area contributed by atoms with E-state index in [1.54, 1.807) is 25.1 Å². The zero-order chi connectivity index (χ0) is 18.2. The third-order valence-corrected chi connectivity index (χ3v) is 3.87. The molecule has 9 heteroatoms. The Kier molecular flexibility index (Phi) is 9.03. The number of carbonyl (C=O) groups is 1. The minimum Gasteiger partial charge on any atom is -0.356 e. The summed E-state index contributed by atoms with van der Waals surface area (Å²) in [7, 11) is 7.21. The molecule has 0 fully saturated rings. The van der Waals surface area contributed by atoms with Crippen LogP contribution in [0, 0.1) is 0 Å². The van der Waals surface area contributed by atoms with Crippen molar-refractivity contribution in [3.63, 3.8) is 0 Å². The standard InChI is InChI=1S/C17H25N7O.HI/c1-18-16(25)14-7-5-6-13(10-14)8-9-20-17(19-2)23(3)11-15-21-12-22-24(15)4;/h5-7,10,12H,8-9,11H2,1-4H3,(H,18,25)(H,19,20);1H. The molecule has 0 radical (unpaired) electrons. The third-order valence-electron chi connectivity index (χ3n) is 3.87.